The van der Waals surface area contributed by atoms with Crippen molar-refractivity contribution < 1.29 is 23.0 Å². The highest BCUT2D eigenvalue weighted by Crippen LogP contribution is 2.25. The van der Waals surface area contributed by atoms with E-state index in [2.05, 4.69) is 19.7 Å². The van der Waals surface area contributed by atoms with Crippen LogP contribution in [0.1, 0.15) is 6.92 Å². The predicted octanol–water partition coefficient (Wildman–Crippen LogP) is 3.85. The molecule has 3 aromatic heterocycles. The summed E-state index contributed by atoms with van der Waals surface area (Å²) in [5.41, 5.74) is 1.26. The number of rotatable bonds is 7. The zero-order chi connectivity index (χ0) is 22.7. The van der Waals surface area contributed by atoms with E-state index in [4.69, 9.17) is 9.47 Å². The van der Waals surface area contributed by atoms with Gasteiger partial charge in [-0.1, -0.05) is 0 Å². The lowest BCUT2D eigenvalue weighted by molar-refractivity contribution is -0.0498. The van der Waals surface area contributed by atoms with E-state index in [9.17, 15) is 13.6 Å². The van der Waals surface area contributed by atoms with Gasteiger partial charge in [0.1, 0.15) is 5.75 Å². The van der Waals surface area contributed by atoms with Crippen molar-refractivity contribution in [2.45, 2.75) is 13.5 Å². The molecule has 0 aliphatic heterocycles. The molecular formula is C22H18F2N4O4. The summed E-state index contributed by atoms with van der Waals surface area (Å²) in [4.78, 5) is 26.2. The maximum Gasteiger partial charge on any atom is 0.387 e. The van der Waals surface area contributed by atoms with Crippen LogP contribution in [-0.2, 0) is 0 Å². The fourth-order valence-electron chi connectivity index (χ4n) is 3.16. The Hall–Kier alpha value is -4.08. The minimum Gasteiger partial charge on any atom is -0.481 e. The second-order valence-corrected chi connectivity index (χ2v) is 6.52. The first-order valence-electron chi connectivity index (χ1n) is 9.61. The third kappa shape index (κ3) is 4.20. The molecule has 0 fully saturated rings. The summed E-state index contributed by atoms with van der Waals surface area (Å²) in [6.07, 6.45) is 3.08. The van der Waals surface area contributed by atoms with Gasteiger partial charge in [-0.25, -0.2) is 9.97 Å². The molecule has 4 rings (SSSR count). The standard InChI is InChI=1S/C22H18F2N4O4/c1-3-31-22-26-12-14-10-17(13-4-9-18(30-2)25-11-13)20(29)28(19(14)27-22)15-5-7-16(8-6-15)32-21(23)24/h4-12,21H,3H2,1-2H3. The number of aromatic nitrogens is 4. The number of nitrogens with zero attached hydrogens (tertiary/aromatic N) is 4. The number of ether oxygens (including phenoxy) is 3. The number of hydrogen-bond donors (Lipinski definition) is 0. The van der Waals surface area contributed by atoms with E-state index in [0.29, 0.717) is 40.3 Å². The topological polar surface area (TPSA) is 88.4 Å². The Bertz CT molecular complexity index is 1290. The quantitative estimate of drug-likeness (QED) is 0.431. The van der Waals surface area contributed by atoms with Gasteiger partial charge in [-0.3, -0.25) is 9.36 Å². The SMILES string of the molecule is CCOc1ncc2cc(-c3ccc(OC)nc3)c(=O)n(-c3ccc(OC(F)F)cc3)c2n1. The number of hydrogen-bond acceptors (Lipinski definition) is 7. The van der Waals surface area contributed by atoms with Crippen molar-refractivity contribution in [2.75, 3.05) is 13.7 Å². The van der Waals surface area contributed by atoms with Gasteiger partial charge in [-0.05, 0) is 43.3 Å². The molecule has 0 atom stereocenters. The largest absolute Gasteiger partial charge is 0.481 e. The fraction of sp³-hybridized carbons (Fsp3) is 0.182. The molecule has 32 heavy (non-hydrogen) atoms. The molecule has 8 nitrogen and oxygen atoms in total. The summed E-state index contributed by atoms with van der Waals surface area (Å²) < 4.78 is 41.2. The molecule has 10 heteroatoms. The zero-order valence-corrected chi connectivity index (χ0v) is 17.2. The van der Waals surface area contributed by atoms with Gasteiger partial charge < -0.3 is 14.2 Å². The Morgan fingerprint density at radius 2 is 1.84 bits per heavy atom. The van der Waals surface area contributed by atoms with Crippen LogP contribution >= 0.6 is 0 Å². The van der Waals surface area contributed by atoms with Gasteiger partial charge in [0.2, 0.25) is 5.88 Å². The molecule has 0 saturated heterocycles. The second kappa shape index (κ2) is 8.96. The van der Waals surface area contributed by atoms with E-state index in [1.54, 1.807) is 31.3 Å². The molecule has 0 aliphatic carbocycles. The lowest BCUT2D eigenvalue weighted by atomic mass is 10.1. The lowest BCUT2D eigenvalue weighted by Crippen LogP contribution is -2.21. The Kier molecular flexibility index (Phi) is 5.93. The van der Waals surface area contributed by atoms with E-state index in [1.807, 2.05) is 0 Å². The van der Waals surface area contributed by atoms with Crippen molar-refractivity contribution in [3.8, 4) is 34.5 Å². The molecule has 0 radical (unpaired) electrons. The van der Waals surface area contributed by atoms with Crippen LogP contribution in [0.5, 0.6) is 17.6 Å². The summed E-state index contributed by atoms with van der Waals surface area (Å²) in [5, 5.41) is 0.576. The lowest BCUT2D eigenvalue weighted by Gasteiger charge is -2.14. The van der Waals surface area contributed by atoms with E-state index in [0.717, 1.165) is 0 Å². The molecule has 1 aromatic carbocycles. The molecule has 4 aromatic rings. The van der Waals surface area contributed by atoms with Crippen molar-refractivity contribution in [3.05, 3.63) is 65.2 Å². The van der Waals surface area contributed by atoms with E-state index < -0.39 is 6.61 Å². The van der Waals surface area contributed by atoms with Crippen LogP contribution in [0.15, 0.2) is 59.7 Å². The van der Waals surface area contributed by atoms with E-state index in [1.165, 1.54) is 42.1 Å². The van der Waals surface area contributed by atoms with Crippen LogP contribution < -0.4 is 19.8 Å². The van der Waals surface area contributed by atoms with Gasteiger partial charge in [0, 0.05) is 35.0 Å². The molecule has 0 N–H and O–H groups in total. The Morgan fingerprint density at radius 1 is 1.06 bits per heavy atom. The number of pyridine rings is 2. The van der Waals surface area contributed by atoms with E-state index >= 15 is 0 Å². The van der Waals surface area contributed by atoms with Gasteiger partial charge in [-0.2, -0.15) is 13.8 Å². The van der Waals surface area contributed by atoms with Gasteiger partial charge in [0.25, 0.3) is 5.56 Å². The molecule has 3 heterocycles. The molecule has 0 amide bonds. The Balaban J connectivity index is 1.93. The van der Waals surface area contributed by atoms with Crippen LogP contribution in [0.25, 0.3) is 27.8 Å². The molecule has 0 aliphatic rings. The average Bonchev–Trinajstić information content (AvgIpc) is 2.79. The summed E-state index contributed by atoms with van der Waals surface area (Å²) in [6, 6.07) is 10.8. The minimum atomic E-state index is -2.95. The molecular weight excluding hydrogens is 422 g/mol. The van der Waals surface area contributed by atoms with Crippen LogP contribution in [0.3, 0.4) is 0 Å². The average molecular weight is 440 g/mol. The van der Waals surface area contributed by atoms with Gasteiger partial charge in [0.15, 0.2) is 5.65 Å². The number of halogens is 2. The van der Waals surface area contributed by atoms with Gasteiger partial charge in [0.05, 0.1) is 19.4 Å². The maximum atomic E-state index is 13.5. The van der Waals surface area contributed by atoms with Crippen LogP contribution in [0.2, 0.25) is 0 Å². The monoisotopic (exact) mass is 440 g/mol. The van der Waals surface area contributed by atoms with Gasteiger partial charge in [-0.15, -0.1) is 0 Å². The summed E-state index contributed by atoms with van der Waals surface area (Å²) in [7, 11) is 1.50. The van der Waals surface area contributed by atoms with Crippen molar-refractivity contribution >= 4 is 11.0 Å². The van der Waals surface area contributed by atoms with Crippen molar-refractivity contribution in [2.24, 2.45) is 0 Å². The Labute approximate surface area is 181 Å². The van der Waals surface area contributed by atoms with Gasteiger partial charge >= 0.3 is 12.6 Å². The third-order valence-electron chi connectivity index (χ3n) is 4.57. The van der Waals surface area contributed by atoms with E-state index in [-0.39, 0.29) is 17.3 Å². The molecule has 0 unspecified atom stereocenters. The maximum absolute atomic E-state index is 13.5. The highest BCUT2D eigenvalue weighted by atomic mass is 19.3. The van der Waals surface area contributed by atoms with Crippen LogP contribution in [0, 0.1) is 0 Å². The summed E-state index contributed by atoms with van der Waals surface area (Å²) in [6.45, 7) is -0.801. The smallest absolute Gasteiger partial charge is 0.387 e. The molecule has 0 spiro atoms. The number of benzene rings is 1. The first kappa shape index (κ1) is 21.2. The third-order valence-corrected chi connectivity index (χ3v) is 4.57. The fourth-order valence-corrected chi connectivity index (χ4v) is 3.16. The van der Waals surface area contributed by atoms with Crippen molar-refractivity contribution in [3.63, 3.8) is 0 Å². The molecule has 164 valence electrons. The Morgan fingerprint density at radius 3 is 2.47 bits per heavy atom. The number of fused-ring (bicyclic) bond motifs is 1. The highest BCUT2D eigenvalue weighted by molar-refractivity contribution is 5.82. The second-order valence-electron chi connectivity index (χ2n) is 6.52. The normalized spacial score (nSPS) is 11.0. The van der Waals surface area contributed by atoms with Crippen LogP contribution in [-0.4, -0.2) is 39.8 Å². The first-order valence-corrected chi connectivity index (χ1v) is 9.61. The summed E-state index contributed by atoms with van der Waals surface area (Å²) in [5.74, 6) is 0.385. The van der Waals surface area contributed by atoms with Crippen molar-refractivity contribution in [1.82, 2.24) is 19.5 Å². The number of alkyl halides is 2. The summed E-state index contributed by atoms with van der Waals surface area (Å²) >= 11 is 0. The molecule has 0 bridgehead atoms. The minimum absolute atomic E-state index is 0.0266. The van der Waals surface area contributed by atoms with Crippen molar-refractivity contribution in [1.29, 1.82) is 0 Å². The molecule has 0 saturated carbocycles. The number of methoxy groups -OCH3 is 1. The first-order chi connectivity index (χ1) is 15.5. The van der Waals surface area contributed by atoms with Crippen LogP contribution in [0.4, 0.5) is 8.78 Å². The predicted molar refractivity (Wildman–Crippen MR) is 113 cm³/mol. The highest BCUT2D eigenvalue weighted by Gasteiger charge is 2.16. The zero-order valence-electron chi connectivity index (χ0n) is 17.2.